The highest BCUT2D eigenvalue weighted by Crippen LogP contribution is 2.27. The Morgan fingerprint density at radius 3 is 2.64 bits per heavy atom. The molecule has 0 saturated carbocycles. The molecule has 10 heteroatoms. The molecule has 4 aromatic rings. The molecule has 33 heavy (non-hydrogen) atoms. The second-order valence-corrected chi connectivity index (χ2v) is 8.54. The Labute approximate surface area is 195 Å². The Morgan fingerprint density at radius 1 is 1.12 bits per heavy atom. The molecule has 4 heterocycles. The van der Waals surface area contributed by atoms with Crippen LogP contribution in [0.3, 0.4) is 0 Å². The van der Waals surface area contributed by atoms with Crippen molar-refractivity contribution < 1.29 is 4.79 Å². The van der Waals surface area contributed by atoms with E-state index in [0.29, 0.717) is 28.3 Å². The first-order chi connectivity index (χ1) is 16.0. The molecule has 0 spiro atoms. The zero-order chi connectivity index (χ0) is 23.1. The lowest BCUT2D eigenvalue weighted by atomic mass is 10.1. The molecule has 3 aromatic heterocycles. The van der Waals surface area contributed by atoms with Gasteiger partial charge in [-0.05, 0) is 36.8 Å². The van der Waals surface area contributed by atoms with Crippen LogP contribution >= 0.6 is 11.6 Å². The number of aromatic nitrogens is 4. The van der Waals surface area contributed by atoms with Crippen LogP contribution in [0.25, 0.3) is 16.6 Å². The summed E-state index contributed by atoms with van der Waals surface area (Å²) in [4.78, 5) is 36.2. The summed E-state index contributed by atoms with van der Waals surface area (Å²) in [6.07, 6.45) is 1.61. The maximum Gasteiger partial charge on any atom is 0.274 e. The number of rotatable bonds is 4. The predicted octanol–water partition coefficient (Wildman–Crippen LogP) is 2.21. The van der Waals surface area contributed by atoms with Crippen LogP contribution in [0.15, 0.2) is 41.3 Å². The maximum atomic E-state index is 12.4. The van der Waals surface area contributed by atoms with Crippen molar-refractivity contribution in [2.24, 2.45) is 0 Å². The van der Waals surface area contributed by atoms with Crippen molar-refractivity contribution in [1.29, 1.82) is 0 Å². The van der Waals surface area contributed by atoms with Gasteiger partial charge in [-0.1, -0.05) is 17.7 Å². The fourth-order valence-corrected chi connectivity index (χ4v) is 4.67. The number of nitrogens with zero attached hydrogens (tertiary/aromatic N) is 5. The van der Waals surface area contributed by atoms with Crippen molar-refractivity contribution in [2.75, 3.05) is 38.1 Å². The van der Waals surface area contributed by atoms with Crippen LogP contribution in [0.5, 0.6) is 0 Å². The summed E-state index contributed by atoms with van der Waals surface area (Å²) in [6.45, 7) is 6.03. The topological polar surface area (TPSA) is 98.6 Å². The average Bonchev–Trinajstić information content (AvgIpc) is 3.32. The van der Waals surface area contributed by atoms with Gasteiger partial charge in [0.25, 0.3) is 11.5 Å². The zero-order valence-electron chi connectivity index (χ0n) is 18.4. The number of H-pyrrole nitrogens is 1. The number of hydrogen-bond donors (Lipinski definition) is 2. The minimum Gasteiger partial charge on any atom is -0.368 e. The summed E-state index contributed by atoms with van der Waals surface area (Å²) in [5.74, 6) is -0.184. The Morgan fingerprint density at radius 2 is 1.91 bits per heavy atom. The van der Waals surface area contributed by atoms with Crippen LogP contribution in [0.4, 0.5) is 5.69 Å². The lowest BCUT2D eigenvalue weighted by Gasteiger charge is -2.36. The van der Waals surface area contributed by atoms with Gasteiger partial charge in [0.15, 0.2) is 0 Å². The molecule has 5 rings (SSSR count). The first-order valence-electron chi connectivity index (χ1n) is 10.8. The predicted molar refractivity (Wildman–Crippen MR) is 128 cm³/mol. The van der Waals surface area contributed by atoms with Crippen LogP contribution in [-0.4, -0.2) is 63.6 Å². The molecule has 0 radical (unpaired) electrons. The van der Waals surface area contributed by atoms with E-state index in [0.717, 1.165) is 48.6 Å². The van der Waals surface area contributed by atoms with E-state index in [1.165, 1.54) is 0 Å². The normalized spacial score (nSPS) is 14.8. The number of hydrogen-bond acceptors (Lipinski definition) is 6. The van der Waals surface area contributed by atoms with Crippen LogP contribution in [-0.2, 0) is 6.54 Å². The molecule has 0 bridgehead atoms. The number of carbonyl (C=O) groups is 1. The lowest BCUT2D eigenvalue weighted by Crippen LogP contribution is -2.46. The van der Waals surface area contributed by atoms with E-state index < -0.39 is 0 Å². The van der Waals surface area contributed by atoms with Gasteiger partial charge in [0.1, 0.15) is 11.2 Å². The van der Waals surface area contributed by atoms with Gasteiger partial charge in [-0.15, -0.1) is 0 Å². The third-order valence-electron chi connectivity index (χ3n) is 6.17. The maximum absolute atomic E-state index is 12.4. The van der Waals surface area contributed by atoms with Crippen molar-refractivity contribution >= 4 is 39.7 Å². The molecule has 1 aliphatic rings. The molecule has 1 amide bonds. The average molecular weight is 466 g/mol. The number of amides is 1. The largest absolute Gasteiger partial charge is 0.368 e. The standard InChI is InChI=1S/C23H24ClN7O2/c1-14-17(6-4-16(27-14)22(32)25-2)30-11-9-29(10-12-30)13-15-3-5-18-21(20(15)24)28-23(33)19-7-8-26-31(18)19/h3-8H,9-13H2,1-2H3,(H,25,32)(H,28,33). The number of benzene rings is 1. The van der Waals surface area contributed by atoms with Crippen LogP contribution in [0, 0.1) is 6.92 Å². The molecule has 1 aromatic carbocycles. The van der Waals surface area contributed by atoms with Crippen molar-refractivity contribution in [3.05, 3.63) is 68.9 Å². The van der Waals surface area contributed by atoms with Crippen LogP contribution in [0.1, 0.15) is 21.7 Å². The Balaban J connectivity index is 1.31. The molecular formula is C23H24ClN7O2. The highest BCUT2D eigenvalue weighted by molar-refractivity contribution is 6.35. The highest BCUT2D eigenvalue weighted by Gasteiger charge is 2.21. The fraction of sp³-hybridized carbons (Fsp3) is 0.304. The molecule has 1 saturated heterocycles. The smallest absolute Gasteiger partial charge is 0.274 e. The van der Waals surface area contributed by atoms with E-state index in [4.69, 9.17) is 11.6 Å². The zero-order valence-corrected chi connectivity index (χ0v) is 19.2. The van der Waals surface area contributed by atoms with Crippen LogP contribution in [0.2, 0.25) is 5.02 Å². The Bertz CT molecular complexity index is 1420. The third-order valence-corrected chi connectivity index (χ3v) is 6.60. The minimum absolute atomic E-state index is 0.184. The van der Waals surface area contributed by atoms with Crippen molar-refractivity contribution in [1.82, 2.24) is 29.8 Å². The molecule has 0 aliphatic carbocycles. The van der Waals surface area contributed by atoms with Crippen molar-refractivity contribution in [2.45, 2.75) is 13.5 Å². The van der Waals surface area contributed by atoms with Gasteiger partial charge in [0.2, 0.25) is 0 Å². The van der Waals surface area contributed by atoms with Gasteiger partial charge in [-0.3, -0.25) is 14.5 Å². The number of carbonyl (C=O) groups excluding carboxylic acids is 1. The molecule has 1 fully saturated rings. The summed E-state index contributed by atoms with van der Waals surface area (Å²) in [6, 6.07) is 9.37. The van der Waals surface area contributed by atoms with E-state index in [2.05, 4.69) is 30.2 Å². The van der Waals surface area contributed by atoms with E-state index in [1.807, 2.05) is 25.1 Å². The monoisotopic (exact) mass is 465 g/mol. The van der Waals surface area contributed by atoms with Gasteiger partial charge in [0, 0.05) is 39.8 Å². The van der Waals surface area contributed by atoms with Gasteiger partial charge in [-0.25, -0.2) is 9.50 Å². The summed E-state index contributed by atoms with van der Waals surface area (Å²) in [5.41, 5.74) is 4.95. The molecule has 0 unspecified atom stereocenters. The van der Waals surface area contributed by atoms with Crippen molar-refractivity contribution in [3.8, 4) is 0 Å². The highest BCUT2D eigenvalue weighted by atomic mass is 35.5. The molecule has 1 aliphatic heterocycles. The number of aromatic amines is 1. The van der Waals surface area contributed by atoms with Gasteiger partial charge < -0.3 is 15.2 Å². The molecule has 0 atom stereocenters. The molecule has 9 nitrogen and oxygen atoms in total. The van der Waals surface area contributed by atoms with Crippen molar-refractivity contribution in [3.63, 3.8) is 0 Å². The van der Waals surface area contributed by atoms with E-state index >= 15 is 0 Å². The molecular weight excluding hydrogens is 442 g/mol. The second kappa shape index (κ2) is 8.49. The van der Waals surface area contributed by atoms with Crippen LogP contribution < -0.4 is 15.8 Å². The number of fused-ring (bicyclic) bond motifs is 3. The number of halogens is 1. The Hall–Kier alpha value is -3.43. The summed E-state index contributed by atoms with van der Waals surface area (Å²) in [5, 5.41) is 7.41. The number of nitrogens with one attached hydrogen (secondary N) is 2. The third kappa shape index (κ3) is 3.83. The second-order valence-electron chi connectivity index (χ2n) is 8.16. The minimum atomic E-state index is -0.209. The molecule has 170 valence electrons. The number of anilines is 1. The van der Waals surface area contributed by atoms with Gasteiger partial charge >= 0.3 is 0 Å². The fourth-order valence-electron chi connectivity index (χ4n) is 4.40. The van der Waals surface area contributed by atoms with Gasteiger partial charge in [0.05, 0.1) is 33.6 Å². The number of piperazine rings is 1. The van der Waals surface area contributed by atoms with E-state index in [1.54, 1.807) is 29.9 Å². The number of pyridine rings is 1. The quantitative estimate of drug-likeness (QED) is 0.479. The number of aryl methyl sites for hydroxylation is 1. The SMILES string of the molecule is CNC(=O)c1ccc(N2CCN(Cc3ccc4c([nH]c(=O)c5ccnn54)c3Cl)CC2)c(C)n1. The molecule has 2 N–H and O–H groups in total. The first kappa shape index (κ1) is 21.4. The summed E-state index contributed by atoms with van der Waals surface area (Å²) in [7, 11) is 1.60. The van der Waals surface area contributed by atoms with Gasteiger partial charge in [-0.2, -0.15) is 5.10 Å². The van der Waals surface area contributed by atoms with E-state index in [-0.39, 0.29) is 11.5 Å². The summed E-state index contributed by atoms with van der Waals surface area (Å²) < 4.78 is 1.62. The summed E-state index contributed by atoms with van der Waals surface area (Å²) >= 11 is 6.71. The lowest BCUT2D eigenvalue weighted by molar-refractivity contribution is 0.0958. The Kier molecular flexibility index (Phi) is 5.51. The van der Waals surface area contributed by atoms with E-state index in [9.17, 15) is 9.59 Å². The first-order valence-corrected chi connectivity index (χ1v) is 11.2.